The number of carboxylic acid groups (broad SMARTS) is 1. The number of aliphatic carboxylic acids is 1. The topological polar surface area (TPSA) is 37.3 Å². The van der Waals surface area contributed by atoms with Gasteiger partial charge in [0.2, 0.25) is 0 Å². The zero-order chi connectivity index (χ0) is 7.98. The molecule has 0 aromatic rings. The summed E-state index contributed by atoms with van der Waals surface area (Å²) >= 11 is 0. The molecule has 65 valence electrons. The van der Waals surface area contributed by atoms with Crippen molar-refractivity contribution < 1.29 is 9.90 Å². The molecule has 0 unspecified atom stereocenters. The summed E-state index contributed by atoms with van der Waals surface area (Å²) in [5.74, 6) is -0.737. The predicted octanol–water partition coefficient (Wildman–Crippen LogP) is 1.91. The summed E-state index contributed by atoms with van der Waals surface area (Å²) in [4.78, 5) is 10.5. The van der Waals surface area contributed by atoms with Crippen LogP contribution in [0.25, 0.3) is 0 Å². The van der Waals surface area contributed by atoms with Crippen molar-refractivity contribution in [3.05, 3.63) is 0 Å². The van der Waals surface area contributed by atoms with E-state index >= 15 is 0 Å². The average molecular weight is 353 g/mol. The molecular formula is C8H16BiO2. The van der Waals surface area contributed by atoms with Gasteiger partial charge >= 0.3 is 5.97 Å². The molecule has 0 bridgehead atoms. The third kappa shape index (κ3) is 6.74. The molecule has 11 heavy (non-hydrogen) atoms. The van der Waals surface area contributed by atoms with Crippen LogP contribution in [-0.4, -0.2) is 37.3 Å². The normalized spacial score (nSPS) is 9.36. The van der Waals surface area contributed by atoms with Crippen molar-refractivity contribution in [3.63, 3.8) is 0 Å². The number of hydrogen-bond acceptors (Lipinski definition) is 1. The average Bonchev–Trinajstić information content (AvgIpc) is 1.87. The minimum Gasteiger partial charge on any atom is -0.481 e. The summed E-state index contributed by atoms with van der Waals surface area (Å²) in [6, 6.07) is 0. The first-order chi connectivity index (χ1) is 4.72. The smallest absolute Gasteiger partial charge is 0.306 e. The second kappa shape index (κ2) is 8.45. The van der Waals surface area contributed by atoms with Crippen molar-refractivity contribution in [1.82, 2.24) is 0 Å². The monoisotopic (exact) mass is 353 g/mol. The molecule has 0 atom stereocenters. The van der Waals surface area contributed by atoms with E-state index in [1.165, 1.54) is 0 Å². The van der Waals surface area contributed by atoms with E-state index in [9.17, 15) is 4.79 Å². The van der Waals surface area contributed by atoms with Crippen LogP contribution in [0.15, 0.2) is 0 Å². The van der Waals surface area contributed by atoms with Crippen LogP contribution < -0.4 is 0 Å². The Hall–Kier alpha value is 0.353. The summed E-state index contributed by atoms with van der Waals surface area (Å²) < 4.78 is 0. The SMILES string of the molecule is CCCC(CCC)C(=O)O.[Bi]. The second-order valence-corrected chi connectivity index (χ2v) is 2.61. The Morgan fingerprint density at radius 1 is 1.27 bits per heavy atom. The summed E-state index contributed by atoms with van der Waals surface area (Å²) in [5.41, 5.74) is 0. The van der Waals surface area contributed by atoms with Gasteiger partial charge in [0, 0.05) is 26.2 Å². The molecule has 0 amide bonds. The summed E-state index contributed by atoms with van der Waals surface area (Å²) in [6.07, 6.45) is 3.58. The van der Waals surface area contributed by atoms with E-state index in [0.717, 1.165) is 25.7 Å². The molecule has 0 aliphatic carbocycles. The van der Waals surface area contributed by atoms with Gasteiger partial charge in [-0.2, -0.15) is 0 Å². The Labute approximate surface area is 87.5 Å². The van der Waals surface area contributed by atoms with Gasteiger partial charge in [-0.3, -0.25) is 4.79 Å². The van der Waals surface area contributed by atoms with Crippen LogP contribution in [0, 0.1) is 5.92 Å². The van der Waals surface area contributed by atoms with Crippen molar-refractivity contribution in [2.45, 2.75) is 39.5 Å². The molecule has 3 heteroatoms. The summed E-state index contributed by atoms with van der Waals surface area (Å²) in [7, 11) is 0. The van der Waals surface area contributed by atoms with Crippen molar-refractivity contribution in [3.8, 4) is 0 Å². The maximum Gasteiger partial charge on any atom is 0.306 e. The van der Waals surface area contributed by atoms with Gasteiger partial charge in [-0.25, -0.2) is 0 Å². The van der Waals surface area contributed by atoms with Crippen LogP contribution in [0.5, 0.6) is 0 Å². The fourth-order valence-electron chi connectivity index (χ4n) is 1.09. The van der Waals surface area contributed by atoms with E-state index in [2.05, 4.69) is 0 Å². The first-order valence-electron chi connectivity index (χ1n) is 3.95. The van der Waals surface area contributed by atoms with Crippen molar-refractivity contribution in [2.24, 2.45) is 5.92 Å². The van der Waals surface area contributed by atoms with Crippen LogP contribution in [0.4, 0.5) is 0 Å². The first-order valence-corrected chi connectivity index (χ1v) is 3.95. The number of carboxylic acids is 1. The van der Waals surface area contributed by atoms with Crippen LogP contribution >= 0.6 is 0 Å². The van der Waals surface area contributed by atoms with Gasteiger partial charge in [0.15, 0.2) is 0 Å². The minimum atomic E-state index is -0.635. The van der Waals surface area contributed by atoms with Crippen LogP contribution in [0.3, 0.4) is 0 Å². The molecule has 0 aromatic heterocycles. The van der Waals surface area contributed by atoms with Crippen LogP contribution in [0.1, 0.15) is 39.5 Å². The van der Waals surface area contributed by atoms with Gasteiger partial charge in [-0.05, 0) is 12.8 Å². The molecule has 0 aliphatic rings. The first kappa shape index (κ1) is 13.9. The van der Waals surface area contributed by atoms with Gasteiger partial charge in [-0.1, -0.05) is 26.7 Å². The Kier molecular flexibility index (Phi) is 10.7. The molecule has 0 heterocycles. The third-order valence-electron chi connectivity index (χ3n) is 1.62. The van der Waals surface area contributed by atoms with Gasteiger partial charge in [0.1, 0.15) is 0 Å². The Morgan fingerprint density at radius 3 is 1.82 bits per heavy atom. The molecule has 0 aliphatic heterocycles. The van der Waals surface area contributed by atoms with E-state index in [1.54, 1.807) is 0 Å². The Bertz CT molecular complexity index is 98.3. The van der Waals surface area contributed by atoms with Gasteiger partial charge in [0.05, 0.1) is 5.92 Å². The minimum absolute atomic E-state index is 0. The fraction of sp³-hybridized carbons (Fsp3) is 0.875. The number of carbonyl (C=O) groups is 1. The summed E-state index contributed by atoms with van der Waals surface area (Å²) in [5, 5.41) is 8.64. The number of hydrogen-bond donors (Lipinski definition) is 1. The number of rotatable bonds is 5. The second-order valence-electron chi connectivity index (χ2n) is 2.61. The zero-order valence-corrected chi connectivity index (χ0v) is 10.7. The summed E-state index contributed by atoms with van der Waals surface area (Å²) in [6.45, 7) is 4.04. The fourth-order valence-corrected chi connectivity index (χ4v) is 1.09. The molecule has 2 nitrogen and oxygen atoms in total. The van der Waals surface area contributed by atoms with Crippen molar-refractivity contribution >= 4 is 32.2 Å². The largest absolute Gasteiger partial charge is 0.481 e. The molecule has 0 saturated carbocycles. The quantitative estimate of drug-likeness (QED) is 0.767. The molecular weight excluding hydrogens is 337 g/mol. The van der Waals surface area contributed by atoms with Gasteiger partial charge in [-0.15, -0.1) is 0 Å². The van der Waals surface area contributed by atoms with Crippen molar-refractivity contribution in [2.75, 3.05) is 0 Å². The maximum absolute atomic E-state index is 10.5. The predicted molar refractivity (Wildman–Crippen MR) is 46.7 cm³/mol. The van der Waals surface area contributed by atoms with E-state index < -0.39 is 5.97 Å². The Morgan fingerprint density at radius 2 is 1.64 bits per heavy atom. The van der Waals surface area contributed by atoms with E-state index in [4.69, 9.17) is 5.11 Å². The van der Waals surface area contributed by atoms with E-state index in [-0.39, 0.29) is 32.1 Å². The van der Waals surface area contributed by atoms with Crippen LogP contribution in [-0.2, 0) is 4.79 Å². The standard InChI is InChI=1S/C8H16O2.Bi/c1-3-5-7(6-4-2)8(9)10;/h7H,3-6H2,1-2H3,(H,9,10);. The van der Waals surface area contributed by atoms with Gasteiger partial charge < -0.3 is 5.11 Å². The molecule has 0 rings (SSSR count). The molecule has 0 saturated heterocycles. The molecule has 0 spiro atoms. The molecule has 3 radical (unpaired) electrons. The van der Waals surface area contributed by atoms with E-state index in [0.29, 0.717) is 0 Å². The Balaban J connectivity index is 0. The van der Waals surface area contributed by atoms with E-state index in [1.807, 2.05) is 13.8 Å². The van der Waals surface area contributed by atoms with Crippen molar-refractivity contribution in [1.29, 1.82) is 0 Å². The molecule has 0 aromatic carbocycles. The van der Waals surface area contributed by atoms with Gasteiger partial charge in [0.25, 0.3) is 0 Å². The van der Waals surface area contributed by atoms with Crippen LogP contribution in [0.2, 0.25) is 0 Å². The maximum atomic E-state index is 10.5. The zero-order valence-electron chi connectivity index (χ0n) is 7.21. The third-order valence-corrected chi connectivity index (χ3v) is 1.62. The molecule has 1 N–H and O–H groups in total. The molecule has 0 fully saturated rings.